The van der Waals surface area contributed by atoms with Crippen molar-refractivity contribution in [3.63, 3.8) is 0 Å². The van der Waals surface area contributed by atoms with Crippen LogP contribution in [0.15, 0.2) is 0 Å². The lowest BCUT2D eigenvalue weighted by molar-refractivity contribution is 0.212. The first-order valence-electron chi connectivity index (χ1n) is 6.05. The zero-order valence-corrected chi connectivity index (χ0v) is 9.04. The van der Waals surface area contributed by atoms with Gasteiger partial charge in [-0.15, -0.1) is 0 Å². The van der Waals surface area contributed by atoms with Gasteiger partial charge in [0.2, 0.25) is 0 Å². The topological polar surface area (TPSA) is 29.4 Å². The van der Waals surface area contributed by atoms with Gasteiger partial charge >= 0.3 is 0 Å². The molecule has 2 aliphatic rings. The minimum atomic E-state index is 0.589. The van der Waals surface area contributed by atoms with E-state index in [1.54, 1.807) is 0 Å². The Bertz CT molecular complexity index is 131. The standard InChI is InChI=1S/C11H22N3/c1-2-7-14(8-3-1)9-4-11-10-12-5-6-13-11/h11-12H,1-10H2. The molecule has 2 saturated heterocycles. The van der Waals surface area contributed by atoms with E-state index in [9.17, 15) is 0 Å². The molecule has 0 spiro atoms. The van der Waals surface area contributed by atoms with E-state index in [4.69, 9.17) is 0 Å². The Morgan fingerprint density at radius 1 is 1.21 bits per heavy atom. The van der Waals surface area contributed by atoms with Gasteiger partial charge in [0.05, 0.1) is 0 Å². The van der Waals surface area contributed by atoms with Crippen LogP contribution in [0.4, 0.5) is 0 Å². The second-order valence-electron chi connectivity index (χ2n) is 4.46. The molecule has 14 heavy (non-hydrogen) atoms. The number of nitrogens with one attached hydrogen (secondary N) is 1. The molecule has 2 fully saturated rings. The number of piperazine rings is 1. The van der Waals surface area contributed by atoms with Crippen molar-refractivity contribution in [3.05, 3.63) is 0 Å². The first-order chi connectivity index (χ1) is 6.95. The van der Waals surface area contributed by atoms with Crippen LogP contribution < -0.4 is 10.6 Å². The SMILES string of the molecule is C1CCN(CCC2CNCC[N]2)CC1. The van der Waals surface area contributed by atoms with Crippen molar-refractivity contribution in [2.75, 3.05) is 39.3 Å². The normalized spacial score (nSPS) is 30.4. The van der Waals surface area contributed by atoms with Crippen LogP contribution in [0.2, 0.25) is 0 Å². The van der Waals surface area contributed by atoms with Crippen molar-refractivity contribution >= 4 is 0 Å². The lowest BCUT2D eigenvalue weighted by Crippen LogP contribution is -2.45. The molecule has 1 atom stereocenters. The predicted octanol–water partition coefficient (Wildman–Crippen LogP) is 0.439. The largest absolute Gasteiger partial charge is 0.314 e. The smallest absolute Gasteiger partial charge is 0.0383 e. The van der Waals surface area contributed by atoms with Gasteiger partial charge in [-0.3, -0.25) is 0 Å². The molecule has 0 aliphatic carbocycles. The summed E-state index contributed by atoms with van der Waals surface area (Å²) < 4.78 is 0. The van der Waals surface area contributed by atoms with Crippen LogP contribution in [0.5, 0.6) is 0 Å². The highest BCUT2D eigenvalue weighted by molar-refractivity contribution is 4.76. The van der Waals surface area contributed by atoms with Gasteiger partial charge in [0.25, 0.3) is 0 Å². The van der Waals surface area contributed by atoms with Gasteiger partial charge in [-0.05, 0) is 38.9 Å². The molecule has 2 aliphatic heterocycles. The molecule has 1 unspecified atom stereocenters. The fourth-order valence-electron chi connectivity index (χ4n) is 2.37. The third-order valence-electron chi connectivity index (χ3n) is 3.28. The molecule has 0 aromatic rings. The van der Waals surface area contributed by atoms with Crippen molar-refractivity contribution in [2.45, 2.75) is 31.7 Å². The molecule has 81 valence electrons. The number of piperidine rings is 1. The van der Waals surface area contributed by atoms with Gasteiger partial charge in [-0.25, -0.2) is 5.32 Å². The monoisotopic (exact) mass is 196 g/mol. The zero-order chi connectivity index (χ0) is 9.64. The van der Waals surface area contributed by atoms with E-state index in [0.29, 0.717) is 6.04 Å². The zero-order valence-electron chi connectivity index (χ0n) is 9.04. The molecule has 0 saturated carbocycles. The van der Waals surface area contributed by atoms with E-state index in [-0.39, 0.29) is 0 Å². The summed E-state index contributed by atoms with van der Waals surface area (Å²) in [7, 11) is 0. The van der Waals surface area contributed by atoms with Crippen molar-refractivity contribution in [3.8, 4) is 0 Å². The minimum absolute atomic E-state index is 0.589. The van der Waals surface area contributed by atoms with E-state index >= 15 is 0 Å². The van der Waals surface area contributed by atoms with Crippen LogP contribution in [0.3, 0.4) is 0 Å². The van der Waals surface area contributed by atoms with E-state index in [0.717, 1.165) is 19.6 Å². The number of rotatable bonds is 3. The third kappa shape index (κ3) is 3.23. The maximum Gasteiger partial charge on any atom is 0.0383 e. The average molecular weight is 196 g/mol. The predicted molar refractivity (Wildman–Crippen MR) is 58.6 cm³/mol. The van der Waals surface area contributed by atoms with Gasteiger partial charge in [0.1, 0.15) is 0 Å². The Morgan fingerprint density at radius 2 is 2.07 bits per heavy atom. The quantitative estimate of drug-likeness (QED) is 0.709. The summed E-state index contributed by atoms with van der Waals surface area (Å²) in [5.41, 5.74) is 0. The maximum atomic E-state index is 4.62. The van der Waals surface area contributed by atoms with Crippen LogP contribution in [0, 0.1) is 0 Å². The summed E-state index contributed by atoms with van der Waals surface area (Å²) in [4.78, 5) is 2.60. The summed E-state index contributed by atoms with van der Waals surface area (Å²) in [6.45, 7) is 7.11. The summed E-state index contributed by atoms with van der Waals surface area (Å²) in [5.74, 6) is 0. The number of hydrogen-bond donors (Lipinski definition) is 1. The molecule has 2 heterocycles. The van der Waals surface area contributed by atoms with E-state index in [1.165, 1.54) is 45.3 Å². The van der Waals surface area contributed by atoms with Gasteiger partial charge in [0.15, 0.2) is 0 Å². The van der Waals surface area contributed by atoms with Crippen LogP contribution in [-0.4, -0.2) is 50.2 Å². The summed E-state index contributed by atoms with van der Waals surface area (Å²) >= 11 is 0. The number of hydrogen-bond acceptors (Lipinski definition) is 2. The first-order valence-corrected chi connectivity index (χ1v) is 6.05. The molecule has 1 radical (unpaired) electrons. The van der Waals surface area contributed by atoms with E-state index < -0.39 is 0 Å². The van der Waals surface area contributed by atoms with Crippen LogP contribution >= 0.6 is 0 Å². The van der Waals surface area contributed by atoms with Crippen molar-refractivity contribution in [1.29, 1.82) is 0 Å². The summed E-state index contributed by atoms with van der Waals surface area (Å²) in [6, 6.07) is 0.589. The molecule has 0 amide bonds. The van der Waals surface area contributed by atoms with Crippen molar-refractivity contribution in [1.82, 2.24) is 15.5 Å². The molecule has 3 nitrogen and oxygen atoms in total. The Hall–Kier alpha value is -0.120. The summed E-state index contributed by atoms with van der Waals surface area (Å²) in [5, 5.41) is 8.03. The van der Waals surface area contributed by atoms with Crippen LogP contribution in [0.1, 0.15) is 25.7 Å². The molecule has 3 heteroatoms. The van der Waals surface area contributed by atoms with Gasteiger partial charge in [-0.2, -0.15) is 0 Å². The number of nitrogens with zero attached hydrogens (tertiary/aromatic N) is 2. The Balaban J connectivity index is 1.60. The lowest BCUT2D eigenvalue weighted by Gasteiger charge is -2.29. The fraction of sp³-hybridized carbons (Fsp3) is 1.00. The average Bonchev–Trinajstić information content (AvgIpc) is 2.29. The Kier molecular flexibility index (Phi) is 4.22. The van der Waals surface area contributed by atoms with Gasteiger partial charge < -0.3 is 10.2 Å². The first kappa shape index (κ1) is 10.4. The molecule has 0 aromatic carbocycles. The minimum Gasteiger partial charge on any atom is -0.314 e. The highest BCUT2D eigenvalue weighted by Crippen LogP contribution is 2.09. The molecule has 0 bridgehead atoms. The molecular weight excluding hydrogens is 174 g/mol. The Labute approximate surface area is 87.2 Å². The van der Waals surface area contributed by atoms with Crippen molar-refractivity contribution in [2.24, 2.45) is 0 Å². The summed E-state index contributed by atoms with van der Waals surface area (Å²) in [6.07, 6.45) is 5.50. The molecule has 1 N–H and O–H groups in total. The van der Waals surface area contributed by atoms with Crippen LogP contribution in [0.25, 0.3) is 0 Å². The number of likely N-dealkylation sites (tertiary alicyclic amines) is 1. The van der Waals surface area contributed by atoms with Crippen LogP contribution in [-0.2, 0) is 0 Å². The molecule has 2 rings (SSSR count). The Morgan fingerprint density at radius 3 is 2.79 bits per heavy atom. The maximum absolute atomic E-state index is 4.62. The fourth-order valence-corrected chi connectivity index (χ4v) is 2.37. The van der Waals surface area contributed by atoms with Crippen molar-refractivity contribution < 1.29 is 0 Å². The highest BCUT2D eigenvalue weighted by Gasteiger charge is 2.16. The van der Waals surface area contributed by atoms with Gasteiger partial charge in [0, 0.05) is 25.7 Å². The second-order valence-corrected chi connectivity index (χ2v) is 4.46. The lowest BCUT2D eigenvalue weighted by atomic mass is 10.1. The van der Waals surface area contributed by atoms with E-state index in [2.05, 4.69) is 15.5 Å². The molecular formula is C11H22N3. The molecule has 0 aromatic heterocycles. The second kappa shape index (κ2) is 5.69. The highest BCUT2D eigenvalue weighted by atomic mass is 15.1. The van der Waals surface area contributed by atoms with Gasteiger partial charge in [-0.1, -0.05) is 6.42 Å². The van der Waals surface area contributed by atoms with E-state index in [1.807, 2.05) is 0 Å². The third-order valence-corrected chi connectivity index (χ3v) is 3.28.